The van der Waals surface area contributed by atoms with Crippen LogP contribution in [0.1, 0.15) is 58.6 Å². The second kappa shape index (κ2) is 8.30. The second-order valence-corrected chi connectivity index (χ2v) is 8.06. The third kappa shape index (κ3) is 5.61. The SMILES string of the molecule is CC(Cc1ccc(C(C)C(C)C)cc1)CN1CC(C)OC(C)C1. The molecule has 0 N–H and O–H groups in total. The van der Waals surface area contributed by atoms with Gasteiger partial charge in [-0.05, 0) is 49.1 Å². The van der Waals surface area contributed by atoms with Crippen molar-refractivity contribution in [3.63, 3.8) is 0 Å². The Morgan fingerprint density at radius 2 is 1.57 bits per heavy atom. The first-order chi connectivity index (χ1) is 10.8. The normalized spacial score (nSPS) is 25.5. The van der Waals surface area contributed by atoms with Gasteiger partial charge in [0, 0.05) is 19.6 Å². The molecule has 23 heavy (non-hydrogen) atoms. The summed E-state index contributed by atoms with van der Waals surface area (Å²) < 4.78 is 5.83. The molecule has 2 nitrogen and oxygen atoms in total. The predicted octanol–water partition coefficient (Wildman–Crippen LogP) is 4.73. The molecule has 130 valence electrons. The standard InChI is InChI=1S/C21H35NO/c1-15(2)19(6)21-9-7-20(8-10-21)11-16(3)12-22-13-17(4)23-18(5)14-22/h7-10,15-19H,11-14H2,1-6H3. The summed E-state index contributed by atoms with van der Waals surface area (Å²) in [5.41, 5.74) is 2.93. The van der Waals surface area contributed by atoms with E-state index in [1.165, 1.54) is 17.7 Å². The molecule has 0 saturated carbocycles. The third-order valence-corrected chi connectivity index (χ3v) is 5.15. The highest BCUT2D eigenvalue weighted by Gasteiger charge is 2.23. The van der Waals surface area contributed by atoms with Gasteiger partial charge >= 0.3 is 0 Å². The van der Waals surface area contributed by atoms with Crippen LogP contribution in [0.2, 0.25) is 0 Å². The number of nitrogens with zero attached hydrogens (tertiary/aromatic N) is 1. The van der Waals surface area contributed by atoms with Crippen molar-refractivity contribution >= 4 is 0 Å². The van der Waals surface area contributed by atoms with Gasteiger partial charge in [-0.1, -0.05) is 52.0 Å². The van der Waals surface area contributed by atoms with Gasteiger partial charge in [0.05, 0.1) is 12.2 Å². The van der Waals surface area contributed by atoms with Gasteiger partial charge in [0.2, 0.25) is 0 Å². The molecule has 1 saturated heterocycles. The summed E-state index contributed by atoms with van der Waals surface area (Å²) in [5.74, 6) is 2.02. The Morgan fingerprint density at radius 3 is 2.09 bits per heavy atom. The van der Waals surface area contributed by atoms with Crippen LogP contribution in [-0.4, -0.2) is 36.7 Å². The summed E-state index contributed by atoms with van der Waals surface area (Å²) in [6, 6.07) is 9.31. The Kier molecular flexibility index (Phi) is 6.67. The molecular formula is C21H35NO. The Labute approximate surface area is 143 Å². The van der Waals surface area contributed by atoms with Crippen molar-refractivity contribution < 1.29 is 4.74 Å². The maximum absolute atomic E-state index is 5.83. The number of ether oxygens (including phenoxy) is 1. The number of hydrogen-bond donors (Lipinski definition) is 0. The fraction of sp³-hybridized carbons (Fsp3) is 0.714. The molecule has 1 fully saturated rings. The Balaban J connectivity index is 1.86. The van der Waals surface area contributed by atoms with Crippen LogP contribution >= 0.6 is 0 Å². The molecular weight excluding hydrogens is 282 g/mol. The van der Waals surface area contributed by atoms with Crippen molar-refractivity contribution in [2.45, 2.75) is 66.1 Å². The molecule has 0 spiro atoms. The van der Waals surface area contributed by atoms with Gasteiger partial charge in [-0.3, -0.25) is 4.90 Å². The molecule has 1 heterocycles. The highest BCUT2D eigenvalue weighted by molar-refractivity contribution is 5.25. The summed E-state index contributed by atoms with van der Waals surface area (Å²) in [4.78, 5) is 2.57. The highest BCUT2D eigenvalue weighted by Crippen LogP contribution is 2.24. The first-order valence-corrected chi connectivity index (χ1v) is 9.31. The summed E-state index contributed by atoms with van der Waals surface area (Å²) in [5, 5.41) is 0. The van der Waals surface area contributed by atoms with Crippen LogP contribution in [0.25, 0.3) is 0 Å². The van der Waals surface area contributed by atoms with E-state index in [0.29, 0.717) is 30.0 Å². The molecule has 0 aromatic heterocycles. The highest BCUT2D eigenvalue weighted by atomic mass is 16.5. The average Bonchev–Trinajstić information content (AvgIpc) is 2.45. The van der Waals surface area contributed by atoms with Crippen LogP contribution in [0.5, 0.6) is 0 Å². The molecule has 2 rings (SSSR count). The topological polar surface area (TPSA) is 12.5 Å². The van der Waals surface area contributed by atoms with E-state index in [0.717, 1.165) is 19.5 Å². The lowest BCUT2D eigenvalue weighted by atomic mass is 9.89. The molecule has 0 bridgehead atoms. The molecule has 4 unspecified atom stereocenters. The minimum absolute atomic E-state index is 0.364. The van der Waals surface area contributed by atoms with Gasteiger partial charge in [0.1, 0.15) is 0 Å². The fourth-order valence-electron chi connectivity index (χ4n) is 3.68. The molecule has 1 aromatic rings. The lowest BCUT2D eigenvalue weighted by molar-refractivity contribution is -0.0708. The van der Waals surface area contributed by atoms with Gasteiger partial charge in [-0.15, -0.1) is 0 Å². The minimum Gasteiger partial charge on any atom is -0.373 e. The maximum Gasteiger partial charge on any atom is 0.0678 e. The van der Waals surface area contributed by atoms with Gasteiger partial charge in [0.25, 0.3) is 0 Å². The van der Waals surface area contributed by atoms with Crippen LogP contribution in [0.3, 0.4) is 0 Å². The molecule has 0 aliphatic carbocycles. The van der Waals surface area contributed by atoms with Gasteiger partial charge < -0.3 is 4.74 Å². The summed E-state index contributed by atoms with van der Waals surface area (Å²) in [6.45, 7) is 17.0. The molecule has 0 radical (unpaired) electrons. The van der Waals surface area contributed by atoms with Gasteiger partial charge in [-0.25, -0.2) is 0 Å². The number of benzene rings is 1. The minimum atomic E-state index is 0.364. The van der Waals surface area contributed by atoms with E-state index in [4.69, 9.17) is 4.74 Å². The zero-order chi connectivity index (χ0) is 17.0. The zero-order valence-electron chi connectivity index (χ0n) is 15.9. The molecule has 2 heteroatoms. The van der Waals surface area contributed by atoms with E-state index in [-0.39, 0.29) is 0 Å². The van der Waals surface area contributed by atoms with Crippen LogP contribution in [0.4, 0.5) is 0 Å². The van der Waals surface area contributed by atoms with Crippen molar-refractivity contribution in [1.29, 1.82) is 0 Å². The summed E-state index contributed by atoms with van der Waals surface area (Å²) >= 11 is 0. The van der Waals surface area contributed by atoms with E-state index in [9.17, 15) is 0 Å². The van der Waals surface area contributed by atoms with Gasteiger partial charge in [-0.2, -0.15) is 0 Å². The van der Waals surface area contributed by atoms with Crippen molar-refractivity contribution in [1.82, 2.24) is 4.90 Å². The lowest BCUT2D eigenvalue weighted by Gasteiger charge is -2.36. The Bertz CT molecular complexity index is 457. The Morgan fingerprint density at radius 1 is 1.00 bits per heavy atom. The largest absolute Gasteiger partial charge is 0.373 e. The third-order valence-electron chi connectivity index (χ3n) is 5.15. The lowest BCUT2D eigenvalue weighted by Crippen LogP contribution is -2.47. The maximum atomic E-state index is 5.83. The number of morpholine rings is 1. The van der Waals surface area contributed by atoms with Crippen LogP contribution < -0.4 is 0 Å². The molecule has 1 aromatic carbocycles. The smallest absolute Gasteiger partial charge is 0.0678 e. The first kappa shape index (κ1) is 18.5. The van der Waals surface area contributed by atoms with Crippen LogP contribution in [0.15, 0.2) is 24.3 Å². The molecule has 1 aliphatic rings. The quantitative estimate of drug-likeness (QED) is 0.752. The van der Waals surface area contributed by atoms with Gasteiger partial charge in [0.15, 0.2) is 0 Å². The number of rotatable bonds is 6. The molecule has 4 atom stereocenters. The fourth-order valence-corrected chi connectivity index (χ4v) is 3.68. The summed E-state index contributed by atoms with van der Waals surface area (Å²) in [6.07, 6.45) is 1.89. The Hall–Kier alpha value is -0.860. The van der Waals surface area contributed by atoms with Crippen LogP contribution in [0, 0.1) is 11.8 Å². The number of hydrogen-bond acceptors (Lipinski definition) is 2. The average molecular weight is 318 g/mol. The first-order valence-electron chi connectivity index (χ1n) is 9.31. The van der Waals surface area contributed by atoms with Crippen LogP contribution in [-0.2, 0) is 11.2 Å². The monoisotopic (exact) mass is 317 g/mol. The van der Waals surface area contributed by atoms with E-state index < -0.39 is 0 Å². The van der Waals surface area contributed by atoms with E-state index >= 15 is 0 Å². The van der Waals surface area contributed by atoms with E-state index in [1.807, 2.05) is 0 Å². The predicted molar refractivity (Wildman–Crippen MR) is 99.0 cm³/mol. The van der Waals surface area contributed by atoms with E-state index in [2.05, 4.69) is 70.7 Å². The van der Waals surface area contributed by atoms with Crippen molar-refractivity contribution in [2.75, 3.05) is 19.6 Å². The zero-order valence-corrected chi connectivity index (χ0v) is 15.9. The second-order valence-electron chi connectivity index (χ2n) is 8.06. The van der Waals surface area contributed by atoms with Crippen molar-refractivity contribution in [2.24, 2.45) is 11.8 Å². The summed E-state index contributed by atoms with van der Waals surface area (Å²) in [7, 11) is 0. The van der Waals surface area contributed by atoms with Crippen molar-refractivity contribution in [3.8, 4) is 0 Å². The molecule has 0 amide bonds. The van der Waals surface area contributed by atoms with E-state index in [1.54, 1.807) is 0 Å². The van der Waals surface area contributed by atoms with Crippen molar-refractivity contribution in [3.05, 3.63) is 35.4 Å². The molecule has 1 aliphatic heterocycles.